The van der Waals surface area contributed by atoms with Crippen LogP contribution in [0.2, 0.25) is 0 Å². The molecule has 0 atom stereocenters. The van der Waals surface area contributed by atoms with Crippen LogP contribution in [0.1, 0.15) is 54.2 Å². The van der Waals surface area contributed by atoms with Crippen LogP contribution in [-0.2, 0) is 0 Å². The maximum absolute atomic E-state index is 4.39. The van der Waals surface area contributed by atoms with Gasteiger partial charge in [-0.2, -0.15) is 0 Å². The standard InChI is InChI=1S/C13H16N2.2C2H6/c1-4-9-15-13(11(3)5-2)12-8-6-7-10-14-12;2*1-2/h4-10H,1-3H3;2*1-2H3/b9-4-,11-5-,15-13+;;. The minimum atomic E-state index is 0.909. The molecule has 0 aliphatic rings. The summed E-state index contributed by atoms with van der Waals surface area (Å²) >= 11 is 0. The molecule has 0 unspecified atom stereocenters. The first kappa shape index (κ1) is 19.6. The monoisotopic (exact) mass is 260 g/mol. The Morgan fingerprint density at radius 2 is 1.74 bits per heavy atom. The lowest BCUT2D eigenvalue weighted by Gasteiger charge is -2.04. The highest BCUT2D eigenvalue weighted by atomic mass is 14.8. The van der Waals surface area contributed by atoms with Gasteiger partial charge in [0.25, 0.3) is 0 Å². The van der Waals surface area contributed by atoms with Crippen molar-refractivity contribution in [1.29, 1.82) is 0 Å². The number of hydrogen-bond acceptors (Lipinski definition) is 2. The van der Waals surface area contributed by atoms with E-state index in [2.05, 4.69) is 9.98 Å². The summed E-state index contributed by atoms with van der Waals surface area (Å²) in [6.45, 7) is 14.0. The normalized spacial score (nSPS) is 11.3. The van der Waals surface area contributed by atoms with Gasteiger partial charge in [0, 0.05) is 12.4 Å². The van der Waals surface area contributed by atoms with Crippen LogP contribution >= 0.6 is 0 Å². The SMILES string of the molecule is CC.CC.C\C=C/N=C(\C(C)=C/C)c1ccccn1. The summed E-state index contributed by atoms with van der Waals surface area (Å²) in [4.78, 5) is 8.68. The Morgan fingerprint density at radius 1 is 1.11 bits per heavy atom. The molecule has 0 aliphatic carbocycles. The topological polar surface area (TPSA) is 25.2 Å². The molecule has 0 saturated heterocycles. The highest BCUT2D eigenvalue weighted by Crippen LogP contribution is 2.07. The van der Waals surface area contributed by atoms with Crippen molar-refractivity contribution in [1.82, 2.24) is 4.98 Å². The van der Waals surface area contributed by atoms with Gasteiger partial charge in [0.2, 0.25) is 0 Å². The summed E-state index contributed by atoms with van der Waals surface area (Å²) in [5, 5.41) is 0. The summed E-state index contributed by atoms with van der Waals surface area (Å²) in [6.07, 6.45) is 7.52. The molecule has 0 aliphatic heterocycles. The first-order valence-electron chi connectivity index (χ1n) is 7.03. The quantitative estimate of drug-likeness (QED) is 0.666. The number of hydrogen-bond donors (Lipinski definition) is 0. The Hall–Kier alpha value is -1.70. The fourth-order valence-corrected chi connectivity index (χ4v) is 1.16. The van der Waals surface area contributed by atoms with Gasteiger partial charge in [-0.1, -0.05) is 45.9 Å². The van der Waals surface area contributed by atoms with E-state index in [0.29, 0.717) is 0 Å². The second kappa shape index (κ2) is 14.4. The Bertz CT molecular complexity index is 387. The number of aromatic nitrogens is 1. The van der Waals surface area contributed by atoms with Crippen LogP contribution in [0, 0.1) is 0 Å². The maximum Gasteiger partial charge on any atom is 0.0911 e. The molecule has 2 heteroatoms. The Kier molecular flexibility index (Phi) is 14.8. The van der Waals surface area contributed by atoms with Crippen LogP contribution in [0.5, 0.6) is 0 Å². The van der Waals surface area contributed by atoms with Crippen molar-refractivity contribution < 1.29 is 0 Å². The Labute approximate surface area is 119 Å². The third kappa shape index (κ3) is 8.09. The van der Waals surface area contributed by atoms with Crippen molar-refractivity contribution in [3.8, 4) is 0 Å². The van der Waals surface area contributed by atoms with Gasteiger partial charge >= 0.3 is 0 Å². The predicted molar refractivity (Wildman–Crippen MR) is 87.7 cm³/mol. The predicted octanol–water partition coefficient (Wildman–Crippen LogP) is 5.42. The van der Waals surface area contributed by atoms with Crippen LogP contribution in [0.4, 0.5) is 0 Å². The molecule has 0 amide bonds. The molecule has 2 nitrogen and oxygen atoms in total. The molecule has 0 N–H and O–H groups in total. The van der Waals surface area contributed by atoms with Gasteiger partial charge in [0.05, 0.1) is 11.4 Å². The van der Waals surface area contributed by atoms with Crippen LogP contribution < -0.4 is 0 Å². The molecular formula is C17H28N2. The molecule has 0 radical (unpaired) electrons. The lowest BCUT2D eigenvalue weighted by molar-refractivity contribution is 1.27. The molecule has 0 saturated carbocycles. The fourth-order valence-electron chi connectivity index (χ4n) is 1.16. The zero-order valence-electron chi connectivity index (χ0n) is 13.4. The summed E-state index contributed by atoms with van der Waals surface area (Å²) < 4.78 is 0. The van der Waals surface area contributed by atoms with Crippen molar-refractivity contribution in [3.63, 3.8) is 0 Å². The number of nitrogens with zero attached hydrogens (tertiary/aromatic N) is 2. The van der Waals surface area contributed by atoms with Crippen molar-refractivity contribution in [2.75, 3.05) is 0 Å². The molecule has 1 rings (SSSR count). The van der Waals surface area contributed by atoms with Gasteiger partial charge in [0.15, 0.2) is 0 Å². The third-order valence-corrected chi connectivity index (χ3v) is 2.07. The van der Waals surface area contributed by atoms with Crippen molar-refractivity contribution in [3.05, 3.63) is 54.0 Å². The van der Waals surface area contributed by atoms with Crippen LogP contribution in [0.3, 0.4) is 0 Å². The van der Waals surface area contributed by atoms with E-state index in [1.807, 2.05) is 78.8 Å². The van der Waals surface area contributed by atoms with E-state index < -0.39 is 0 Å². The molecule has 106 valence electrons. The highest BCUT2D eigenvalue weighted by Gasteiger charge is 2.04. The van der Waals surface area contributed by atoms with E-state index in [1.54, 1.807) is 12.4 Å². The van der Waals surface area contributed by atoms with Crippen molar-refractivity contribution >= 4 is 5.71 Å². The number of aliphatic imine (C=N–C) groups is 1. The van der Waals surface area contributed by atoms with Gasteiger partial charge in [-0.05, 0) is 38.5 Å². The first-order chi connectivity index (χ1) is 9.29. The van der Waals surface area contributed by atoms with Crippen LogP contribution in [-0.4, -0.2) is 10.7 Å². The third-order valence-electron chi connectivity index (χ3n) is 2.07. The van der Waals surface area contributed by atoms with Gasteiger partial charge in [-0.3, -0.25) is 9.98 Å². The van der Waals surface area contributed by atoms with E-state index >= 15 is 0 Å². The molecule has 1 aromatic rings. The number of allylic oxidation sites excluding steroid dienone is 3. The second-order valence-corrected chi connectivity index (χ2v) is 3.15. The van der Waals surface area contributed by atoms with Gasteiger partial charge in [0.1, 0.15) is 0 Å². The molecule has 1 aromatic heterocycles. The zero-order chi connectivity index (χ0) is 15.1. The van der Waals surface area contributed by atoms with Crippen molar-refractivity contribution in [2.45, 2.75) is 48.5 Å². The second-order valence-electron chi connectivity index (χ2n) is 3.15. The minimum Gasteiger partial charge on any atom is -0.255 e. The molecule has 0 aromatic carbocycles. The van der Waals surface area contributed by atoms with E-state index in [0.717, 1.165) is 17.0 Å². The number of pyridine rings is 1. The number of rotatable bonds is 3. The minimum absolute atomic E-state index is 0.909. The Balaban J connectivity index is 0. The van der Waals surface area contributed by atoms with Crippen LogP contribution in [0.15, 0.2) is 53.3 Å². The fraction of sp³-hybridized carbons (Fsp3) is 0.412. The van der Waals surface area contributed by atoms with E-state index in [-0.39, 0.29) is 0 Å². The maximum atomic E-state index is 4.39. The average molecular weight is 260 g/mol. The summed E-state index contributed by atoms with van der Waals surface area (Å²) in [7, 11) is 0. The molecule has 0 spiro atoms. The van der Waals surface area contributed by atoms with E-state index in [4.69, 9.17) is 0 Å². The molecule has 0 bridgehead atoms. The van der Waals surface area contributed by atoms with Gasteiger partial charge < -0.3 is 0 Å². The van der Waals surface area contributed by atoms with Gasteiger partial charge in [-0.15, -0.1) is 0 Å². The van der Waals surface area contributed by atoms with E-state index in [1.165, 1.54) is 0 Å². The lowest BCUT2D eigenvalue weighted by atomic mass is 10.1. The lowest BCUT2D eigenvalue weighted by Crippen LogP contribution is -2.04. The zero-order valence-corrected chi connectivity index (χ0v) is 13.4. The first-order valence-corrected chi connectivity index (χ1v) is 7.03. The smallest absolute Gasteiger partial charge is 0.0911 e. The molecule has 1 heterocycles. The summed E-state index contributed by atoms with van der Waals surface area (Å²) in [5.74, 6) is 0. The summed E-state index contributed by atoms with van der Waals surface area (Å²) in [5.41, 5.74) is 2.97. The molecule has 19 heavy (non-hydrogen) atoms. The van der Waals surface area contributed by atoms with Crippen molar-refractivity contribution in [2.24, 2.45) is 4.99 Å². The average Bonchev–Trinajstić information content (AvgIpc) is 2.52. The van der Waals surface area contributed by atoms with Crippen LogP contribution in [0.25, 0.3) is 0 Å². The molecule has 0 fully saturated rings. The summed E-state index contributed by atoms with van der Waals surface area (Å²) in [6, 6.07) is 5.84. The Morgan fingerprint density at radius 3 is 2.16 bits per heavy atom. The van der Waals surface area contributed by atoms with Gasteiger partial charge in [-0.25, -0.2) is 0 Å². The highest BCUT2D eigenvalue weighted by molar-refractivity contribution is 6.11. The molecular weight excluding hydrogens is 232 g/mol. The van der Waals surface area contributed by atoms with E-state index in [9.17, 15) is 0 Å². The largest absolute Gasteiger partial charge is 0.255 e.